The van der Waals surface area contributed by atoms with Crippen LogP contribution in [0.5, 0.6) is 0 Å². The Morgan fingerprint density at radius 3 is 2.88 bits per heavy atom. The standard InChI is InChI=1S/C11H14ClFN2O/c1-7(6-14)4-11(16)15-8-2-3-10(13)9(12)5-8/h2-3,5,7H,4,6,14H2,1H3,(H,15,16). The summed E-state index contributed by atoms with van der Waals surface area (Å²) < 4.78 is 12.8. The molecule has 0 aromatic heterocycles. The molecule has 0 bridgehead atoms. The first kappa shape index (κ1) is 12.9. The van der Waals surface area contributed by atoms with E-state index in [0.29, 0.717) is 18.7 Å². The predicted octanol–water partition coefficient (Wildman–Crippen LogP) is 2.40. The fraction of sp³-hybridized carbons (Fsp3) is 0.364. The third-order valence-corrected chi connectivity index (χ3v) is 2.43. The summed E-state index contributed by atoms with van der Waals surface area (Å²) in [5.41, 5.74) is 5.89. The van der Waals surface area contributed by atoms with E-state index in [0.717, 1.165) is 0 Å². The van der Waals surface area contributed by atoms with Gasteiger partial charge in [-0.1, -0.05) is 18.5 Å². The van der Waals surface area contributed by atoms with Crippen molar-refractivity contribution in [2.24, 2.45) is 11.7 Å². The quantitative estimate of drug-likeness (QED) is 0.855. The summed E-state index contributed by atoms with van der Waals surface area (Å²) in [4.78, 5) is 11.5. The third-order valence-electron chi connectivity index (χ3n) is 2.14. The molecule has 1 aromatic rings. The highest BCUT2D eigenvalue weighted by Gasteiger charge is 2.08. The fourth-order valence-electron chi connectivity index (χ4n) is 1.19. The Labute approximate surface area is 98.8 Å². The number of hydrogen-bond donors (Lipinski definition) is 2. The number of anilines is 1. The lowest BCUT2D eigenvalue weighted by atomic mass is 10.1. The van der Waals surface area contributed by atoms with Crippen LogP contribution < -0.4 is 11.1 Å². The van der Waals surface area contributed by atoms with E-state index in [2.05, 4.69) is 5.32 Å². The van der Waals surface area contributed by atoms with E-state index in [4.69, 9.17) is 17.3 Å². The zero-order chi connectivity index (χ0) is 12.1. The maximum atomic E-state index is 12.8. The van der Waals surface area contributed by atoms with Crippen molar-refractivity contribution in [2.75, 3.05) is 11.9 Å². The fourth-order valence-corrected chi connectivity index (χ4v) is 1.37. The van der Waals surface area contributed by atoms with Crippen LogP contribution in [0.25, 0.3) is 0 Å². The van der Waals surface area contributed by atoms with Crippen LogP contribution in [0.2, 0.25) is 5.02 Å². The van der Waals surface area contributed by atoms with Gasteiger partial charge in [0.25, 0.3) is 0 Å². The largest absolute Gasteiger partial charge is 0.330 e. The van der Waals surface area contributed by atoms with Crippen molar-refractivity contribution in [3.05, 3.63) is 29.0 Å². The molecule has 0 radical (unpaired) electrons. The number of carbonyl (C=O) groups is 1. The second-order valence-corrected chi connectivity index (χ2v) is 4.13. The summed E-state index contributed by atoms with van der Waals surface area (Å²) in [6.07, 6.45) is 0.339. The number of carbonyl (C=O) groups excluding carboxylic acids is 1. The van der Waals surface area contributed by atoms with Gasteiger partial charge >= 0.3 is 0 Å². The normalized spacial score (nSPS) is 12.2. The van der Waals surface area contributed by atoms with Crippen LogP contribution in [0, 0.1) is 11.7 Å². The van der Waals surface area contributed by atoms with Crippen LogP contribution in [0.3, 0.4) is 0 Å². The summed E-state index contributed by atoms with van der Waals surface area (Å²) in [7, 11) is 0. The Kier molecular flexibility index (Phi) is 4.71. The highest BCUT2D eigenvalue weighted by molar-refractivity contribution is 6.31. The lowest BCUT2D eigenvalue weighted by Gasteiger charge is -2.09. The van der Waals surface area contributed by atoms with Crippen LogP contribution in [0.15, 0.2) is 18.2 Å². The van der Waals surface area contributed by atoms with Crippen LogP contribution in [0.4, 0.5) is 10.1 Å². The molecule has 0 aliphatic rings. The lowest BCUT2D eigenvalue weighted by Crippen LogP contribution is -2.20. The topological polar surface area (TPSA) is 55.1 Å². The molecule has 0 heterocycles. The van der Waals surface area contributed by atoms with Crippen LogP contribution in [0.1, 0.15) is 13.3 Å². The maximum Gasteiger partial charge on any atom is 0.224 e. The molecule has 3 N–H and O–H groups in total. The number of halogens is 2. The first-order valence-electron chi connectivity index (χ1n) is 4.98. The Morgan fingerprint density at radius 1 is 1.62 bits per heavy atom. The molecule has 1 amide bonds. The van der Waals surface area contributed by atoms with E-state index in [9.17, 15) is 9.18 Å². The molecule has 0 saturated carbocycles. The number of nitrogens with two attached hydrogens (primary N) is 1. The van der Waals surface area contributed by atoms with Crippen molar-refractivity contribution in [1.82, 2.24) is 0 Å². The molecule has 0 aliphatic heterocycles. The summed E-state index contributed by atoms with van der Waals surface area (Å²) >= 11 is 5.58. The SMILES string of the molecule is CC(CN)CC(=O)Nc1ccc(F)c(Cl)c1. The molecule has 0 saturated heterocycles. The van der Waals surface area contributed by atoms with Gasteiger partial charge in [-0.2, -0.15) is 0 Å². The minimum absolute atomic E-state index is 0.00956. The van der Waals surface area contributed by atoms with Gasteiger partial charge in [0.05, 0.1) is 5.02 Å². The van der Waals surface area contributed by atoms with Crippen LogP contribution in [-0.4, -0.2) is 12.5 Å². The first-order valence-corrected chi connectivity index (χ1v) is 5.35. The van der Waals surface area contributed by atoms with Gasteiger partial charge in [-0.3, -0.25) is 4.79 Å². The number of amides is 1. The lowest BCUT2D eigenvalue weighted by molar-refractivity contribution is -0.116. The van der Waals surface area contributed by atoms with Crippen LogP contribution >= 0.6 is 11.6 Å². The van der Waals surface area contributed by atoms with Crippen molar-refractivity contribution in [1.29, 1.82) is 0 Å². The van der Waals surface area contributed by atoms with E-state index >= 15 is 0 Å². The summed E-state index contributed by atoms with van der Waals surface area (Å²) in [6, 6.07) is 4.05. The molecule has 16 heavy (non-hydrogen) atoms. The Morgan fingerprint density at radius 2 is 2.31 bits per heavy atom. The molecule has 1 unspecified atom stereocenters. The van der Waals surface area contributed by atoms with Crippen molar-refractivity contribution < 1.29 is 9.18 Å². The monoisotopic (exact) mass is 244 g/mol. The molecule has 1 aromatic carbocycles. The number of hydrogen-bond acceptors (Lipinski definition) is 2. The van der Waals surface area contributed by atoms with Crippen LogP contribution in [-0.2, 0) is 4.79 Å². The molecule has 88 valence electrons. The third kappa shape index (κ3) is 3.79. The Balaban J connectivity index is 2.59. The minimum Gasteiger partial charge on any atom is -0.330 e. The number of benzene rings is 1. The van der Waals surface area contributed by atoms with Crippen molar-refractivity contribution in [3.8, 4) is 0 Å². The minimum atomic E-state index is -0.505. The first-order chi connectivity index (χ1) is 7.52. The van der Waals surface area contributed by atoms with E-state index in [1.807, 2.05) is 6.92 Å². The second-order valence-electron chi connectivity index (χ2n) is 3.72. The van der Waals surface area contributed by atoms with Crippen molar-refractivity contribution >= 4 is 23.2 Å². The predicted molar refractivity (Wildman–Crippen MR) is 62.9 cm³/mol. The summed E-state index contributed by atoms with van der Waals surface area (Å²) in [5.74, 6) is -0.536. The molecule has 1 rings (SSSR count). The zero-order valence-electron chi connectivity index (χ0n) is 8.97. The summed E-state index contributed by atoms with van der Waals surface area (Å²) in [5, 5.41) is 2.62. The zero-order valence-corrected chi connectivity index (χ0v) is 9.72. The van der Waals surface area contributed by atoms with Gasteiger partial charge in [-0.25, -0.2) is 4.39 Å². The smallest absolute Gasteiger partial charge is 0.224 e. The highest BCUT2D eigenvalue weighted by atomic mass is 35.5. The van der Waals surface area contributed by atoms with E-state index in [-0.39, 0.29) is 16.8 Å². The van der Waals surface area contributed by atoms with E-state index < -0.39 is 5.82 Å². The molecule has 0 aliphatic carbocycles. The maximum absolute atomic E-state index is 12.8. The molecule has 3 nitrogen and oxygen atoms in total. The Bertz CT molecular complexity index is 384. The average Bonchev–Trinajstić information content (AvgIpc) is 2.23. The molecule has 0 fully saturated rings. The number of nitrogens with one attached hydrogen (secondary N) is 1. The molecular formula is C11H14ClFN2O. The van der Waals surface area contributed by atoms with Gasteiger partial charge in [0, 0.05) is 12.1 Å². The Hall–Kier alpha value is -1.13. The van der Waals surface area contributed by atoms with Crippen molar-refractivity contribution in [3.63, 3.8) is 0 Å². The van der Waals surface area contributed by atoms with Gasteiger partial charge in [0.15, 0.2) is 0 Å². The van der Waals surface area contributed by atoms with Gasteiger partial charge in [0.1, 0.15) is 5.82 Å². The molecular weight excluding hydrogens is 231 g/mol. The van der Waals surface area contributed by atoms with Gasteiger partial charge in [-0.05, 0) is 30.7 Å². The molecule has 5 heteroatoms. The summed E-state index contributed by atoms with van der Waals surface area (Å²) in [6.45, 7) is 2.34. The average molecular weight is 245 g/mol. The van der Waals surface area contributed by atoms with Crippen molar-refractivity contribution in [2.45, 2.75) is 13.3 Å². The molecule has 1 atom stereocenters. The molecule has 0 spiro atoms. The second kappa shape index (κ2) is 5.82. The van der Waals surface area contributed by atoms with Gasteiger partial charge in [0.2, 0.25) is 5.91 Å². The van der Waals surface area contributed by atoms with Gasteiger partial charge < -0.3 is 11.1 Å². The highest BCUT2D eigenvalue weighted by Crippen LogP contribution is 2.19. The van der Waals surface area contributed by atoms with Gasteiger partial charge in [-0.15, -0.1) is 0 Å². The van der Waals surface area contributed by atoms with E-state index in [1.54, 1.807) is 0 Å². The number of rotatable bonds is 4. The van der Waals surface area contributed by atoms with E-state index in [1.165, 1.54) is 18.2 Å².